The lowest BCUT2D eigenvalue weighted by Crippen LogP contribution is -1.90. The summed E-state index contributed by atoms with van der Waals surface area (Å²) >= 11 is 0. The van der Waals surface area contributed by atoms with Crippen molar-refractivity contribution in [2.24, 2.45) is 15.0 Å². The van der Waals surface area contributed by atoms with Crippen LogP contribution >= 0.6 is 0 Å². The van der Waals surface area contributed by atoms with Gasteiger partial charge in [-0.15, -0.1) is 0 Å². The minimum absolute atomic E-state index is 0.667. The second kappa shape index (κ2) is 7.85. The van der Waals surface area contributed by atoms with E-state index in [2.05, 4.69) is 15.0 Å². The highest BCUT2D eigenvalue weighted by molar-refractivity contribution is 6.16. The van der Waals surface area contributed by atoms with E-state index in [0.29, 0.717) is 6.54 Å². The van der Waals surface area contributed by atoms with E-state index in [4.69, 9.17) is 0 Å². The van der Waals surface area contributed by atoms with Crippen molar-refractivity contribution in [2.45, 2.75) is 6.92 Å². The topological polar surface area (TPSA) is 37.1 Å². The lowest BCUT2D eigenvalue weighted by atomic mass is 10.3. The van der Waals surface area contributed by atoms with Gasteiger partial charge >= 0.3 is 0 Å². The van der Waals surface area contributed by atoms with Crippen LogP contribution in [0.3, 0.4) is 0 Å². The molecule has 0 aliphatic rings. The molecule has 0 aliphatic carbocycles. The Bertz CT molecular complexity index is 212. The summed E-state index contributed by atoms with van der Waals surface area (Å²) in [6.45, 7) is 2.64. The molecule has 0 aromatic carbocycles. The van der Waals surface area contributed by atoms with Crippen molar-refractivity contribution >= 4 is 18.6 Å². The molecule has 0 aromatic rings. The number of hydrogen-bond acceptors (Lipinski definition) is 3. The van der Waals surface area contributed by atoms with Crippen LogP contribution in [0.2, 0.25) is 0 Å². The van der Waals surface area contributed by atoms with Crippen LogP contribution in [0.4, 0.5) is 0 Å². The molecule has 0 saturated carbocycles. The van der Waals surface area contributed by atoms with Gasteiger partial charge in [-0.05, 0) is 12.5 Å². The molecule has 0 aliphatic heterocycles. The molecule has 0 amide bonds. The average molecular weight is 165 g/mol. The Morgan fingerprint density at radius 3 is 2.42 bits per heavy atom. The third kappa shape index (κ3) is 5.53. The van der Waals surface area contributed by atoms with Gasteiger partial charge in [-0.2, -0.15) is 0 Å². The van der Waals surface area contributed by atoms with Gasteiger partial charge < -0.3 is 0 Å². The number of nitrogens with zero attached hydrogens (tertiary/aromatic N) is 3. The Morgan fingerprint density at radius 1 is 1.17 bits per heavy atom. The van der Waals surface area contributed by atoms with Crippen molar-refractivity contribution in [1.29, 1.82) is 0 Å². The van der Waals surface area contributed by atoms with Gasteiger partial charge in [-0.3, -0.25) is 15.0 Å². The molecule has 0 unspecified atom stereocenters. The smallest absolute Gasteiger partial charge is 0.0651 e. The first-order valence-corrected chi connectivity index (χ1v) is 3.83. The maximum absolute atomic E-state index is 4.12. The fourth-order valence-electron chi connectivity index (χ4n) is 0.644. The van der Waals surface area contributed by atoms with E-state index in [9.17, 15) is 0 Å². The second-order valence-electron chi connectivity index (χ2n) is 2.15. The van der Waals surface area contributed by atoms with E-state index in [-0.39, 0.29) is 0 Å². The minimum atomic E-state index is 0.667. The molecule has 0 spiro atoms. The third-order valence-electron chi connectivity index (χ3n) is 1.26. The molecule has 12 heavy (non-hydrogen) atoms. The van der Waals surface area contributed by atoms with E-state index >= 15 is 0 Å². The fraction of sp³-hybridized carbons (Fsp3) is 0.444. The lowest BCUT2D eigenvalue weighted by molar-refractivity contribution is 1.21. The number of rotatable bonds is 4. The predicted molar refractivity (Wildman–Crippen MR) is 55.9 cm³/mol. The second-order valence-corrected chi connectivity index (χ2v) is 2.15. The molecule has 0 heterocycles. The highest BCUT2D eigenvalue weighted by Crippen LogP contribution is 1.89. The van der Waals surface area contributed by atoms with Crippen molar-refractivity contribution in [3.8, 4) is 0 Å². The zero-order chi connectivity index (χ0) is 9.23. The van der Waals surface area contributed by atoms with E-state index in [1.165, 1.54) is 0 Å². The Balaban J connectivity index is 3.89. The maximum Gasteiger partial charge on any atom is 0.0651 e. The molecular formula is C9H15N3. The summed E-state index contributed by atoms with van der Waals surface area (Å²) in [4.78, 5) is 11.8. The average Bonchev–Trinajstić information content (AvgIpc) is 2.10. The van der Waals surface area contributed by atoms with Gasteiger partial charge in [-0.25, -0.2) is 0 Å². The molecule has 0 saturated heterocycles. The fourth-order valence-corrected chi connectivity index (χ4v) is 0.644. The Hall–Kier alpha value is -1.25. The number of hydrogen-bond donors (Lipinski definition) is 0. The molecule has 3 heteroatoms. The van der Waals surface area contributed by atoms with Crippen LogP contribution in [0, 0.1) is 0 Å². The summed E-state index contributed by atoms with van der Waals surface area (Å²) in [5.74, 6) is 0. The van der Waals surface area contributed by atoms with Crippen molar-refractivity contribution in [2.75, 3.05) is 20.6 Å². The molecule has 0 fully saturated rings. The summed E-state index contributed by atoms with van der Waals surface area (Å²) in [5.41, 5.74) is 1.11. The minimum Gasteiger partial charge on any atom is -0.296 e. The quantitative estimate of drug-likeness (QED) is 0.565. The van der Waals surface area contributed by atoms with Crippen LogP contribution < -0.4 is 0 Å². The Morgan fingerprint density at radius 2 is 1.92 bits per heavy atom. The Labute approximate surface area is 73.7 Å². The molecule has 0 N–H and O–H groups in total. The van der Waals surface area contributed by atoms with E-state index < -0.39 is 0 Å². The molecule has 0 rings (SSSR count). The summed E-state index contributed by atoms with van der Waals surface area (Å²) < 4.78 is 0. The molecule has 66 valence electrons. The molecule has 3 nitrogen and oxygen atoms in total. The molecule has 0 atom stereocenters. The zero-order valence-corrected chi connectivity index (χ0v) is 7.86. The van der Waals surface area contributed by atoms with Gasteiger partial charge in [0.1, 0.15) is 0 Å². The number of aliphatic imine (C=N–C) groups is 3. The summed E-state index contributed by atoms with van der Waals surface area (Å²) in [7, 11) is 3.47. The predicted octanol–water partition coefficient (Wildman–Crippen LogP) is 1.40. The summed E-state index contributed by atoms with van der Waals surface area (Å²) in [6.07, 6.45) is 7.15. The van der Waals surface area contributed by atoms with Gasteiger partial charge in [0.15, 0.2) is 0 Å². The van der Waals surface area contributed by atoms with Gasteiger partial charge in [0.2, 0.25) is 0 Å². The van der Waals surface area contributed by atoms with E-state index in [0.717, 1.165) is 5.57 Å². The largest absolute Gasteiger partial charge is 0.296 e. The summed E-state index contributed by atoms with van der Waals surface area (Å²) in [6, 6.07) is 0. The molecular weight excluding hydrogens is 150 g/mol. The normalized spacial score (nSPS) is 14.1. The first kappa shape index (κ1) is 10.8. The van der Waals surface area contributed by atoms with Crippen LogP contribution in [0.1, 0.15) is 6.92 Å². The van der Waals surface area contributed by atoms with Gasteiger partial charge in [-0.1, -0.05) is 6.08 Å². The first-order valence-electron chi connectivity index (χ1n) is 3.83. The third-order valence-corrected chi connectivity index (χ3v) is 1.26. The zero-order valence-electron chi connectivity index (χ0n) is 7.86. The van der Waals surface area contributed by atoms with Crippen LogP contribution in [0.5, 0.6) is 0 Å². The molecule has 0 bridgehead atoms. The number of allylic oxidation sites excluding steroid dienone is 1. The summed E-state index contributed by atoms with van der Waals surface area (Å²) in [5, 5.41) is 0. The highest BCUT2D eigenvalue weighted by Gasteiger charge is 1.85. The van der Waals surface area contributed by atoms with Gasteiger partial charge in [0.05, 0.1) is 6.54 Å². The molecule has 0 aromatic heterocycles. The van der Waals surface area contributed by atoms with Gasteiger partial charge in [0.25, 0.3) is 0 Å². The molecule has 0 radical (unpaired) electrons. The van der Waals surface area contributed by atoms with Crippen LogP contribution in [0.25, 0.3) is 0 Å². The van der Waals surface area contributed by atoms with E-state index in [1.807, 2.05) is 13.0 Å². The van der Waals surface area contributed by atoms with Crippen molar-refractivity contribution in [1.82, 2.24) is 0 Å². The Kier molecular flexibility index (Phi) is 7.03. The van der Waals surface area contributed by atoms with Crippen molar-refractivity contribution in [3.63, 3.8) is 0 Å². The SMILES string of the molecule is C/C=C(\C=N/C)C/N=C\C=N/C. The maximum atomic E-state index is 4.12. The van der Waals surface area contributed by atoms with Crippen LogP contribution in [0.15, 0.2) is 26.6 Å². The van der Waals surface area contributed by atoms with Crippen LogP contribution in [-0.2, 0) is 0 Å². The first-order chi connectivity index (χ1) is 5.85. The monoisotopic (exact) mass is 165 g/mol. The lowest BCUT2D eigenvalue weighted by Gasteiger charge is -1.92. The van der Waals surface area contributed by atoms with Crippen LogP contribution in [-0.4, -0.2) is 39.3 Å². The standard InChI is InChI=1S/C9H15N3/c1-4-9(7-11-3)8-12-6-5-10-2/h4-7H,8H2,1-3H3/b9-4+,10-5-,11-7-,12-6-. The van der Waals surface area contributed by atoms with E-state index in [1.54, 1.807) is 32.7 Å². The van der Waals surface area contributed by atoms with Crippen molar-refractivity contribution < 1.29 is 0 Å². The van der Waals surface area contributed by atoms with Gasteiger partial charge in [0, 0.05) is 32.7 Å². The van der Waals surface area contributed by atoms with Crippen molar-refractivity contribution in [3.05, 3.63) is 11.6 Å². The highest BCUT2D eigenvalue weighted by atomic mass is 14.7.